The summed E-state index contributed by atoms with van der Waals surface area (Å²) in [7, 11) is 1.64. The summed E-state index contributed by atoms with van der Waals surface area (Å²) >= 11 is 0. The average Bonchev–Trinajstić information content (AvgIpc) is 2.78. The van der Waals surface area contributed by atoms with Crippen LogP contribution in [0, 0.1) is 6.92 Å². The van der Waals surface area contributed by atoms with Gasteiger partial charge in [0.25, 0.3) is 5.91 Å². The summed E-state index contributed by atoms with van der Waals surface area (Å²) in [4.78, 5) is 24.5. The first kappa shape index (κ1) is 17.2. The minimum Gasteiger partial charge on any atom is -0.478 e. The van der Waals surface area contributed by atoms with Crippen LogP contribution in [-0.2, 0) is 16.1 Å². The second kappa shape index (κ2) is 7.83. The van der Waals surface area contributed by atoms with Crippen molar-refractivity contribution in [2.24, 2.45) is 0 Å². The number of hydrogen-bond donors (Lipinski definition) is 1. The van der Waals surface area contributed by atoms with Crippen LogP contribution in [0.3, 0.4) is 0 Å². The number of carbonyl (C=O) groups excluding carboxylic acids is 1. The number of carbonyl (C=O) groups is 2. The van der Waals surface area contributed by atoms with Crippen molar-refractivity contribution in [1.82, 2.24) is 4.90 Å². The second-order valence-corrected chi connectivity index (χ2v) is 5.05. The summed E-state index contributed by atoms with van der Waals surface area (Å²) in [5.41, 5.74) is 0.123. The summed E-state index contributed by atoms with van der Waals surface area (Å²) in [5.74, 6) is -0.406. The Balaban J connectivity index is 2.59. The lowest BCUT2D eigenvalue weighted by Crippen LogP contribution is -2.36. The normalized spacial score (nSPS) is 12.2. The lowest BCUT2D eigenvalue weighted by atomic mass is 10.2. The van der Waals surface area contributed by atoms with E-state index in [2.05, 4.69) is 6.92 Å². The van der Waals surface area contributed by atoms with Crippen molar-refractivity contribution in [2.75, 3.05) is 13.7 Å². The number of likely N-dealkylation sites (N-methyl/N-ethyl adjacent to an activating group) is 1. The Morgan fingerprint density at radius 1 is 1.48 bits per heavy atom. The summed E-state index contributed by atoms with van der Waals surface area (Å²) in [6.45, 7) is 6.13. The van der Waals surface area contributed by atoms with Crippen LogP contribution >= 0.6 is 0 Å². The molecule has 0 saturated carbocycles. The lowest BCUT2D eigenvalue weighted by Gasteiger charge is -2.20. The van der Waals surface area contributed by atoms with Gasteiger partial charge in [-0.15, -0.1) is 0 Å². The smallest absolute Gasteiger partial charge is 0.339 e. The number of amides is 1. The predicted octanol–water partition coefficient (Wildman–Crippen LogP) is 2.45. The van der Waals surface area contributed by atoms with E-state index in [1.54, 1.807) is 20.9 Å². The Labute approximate surface area is 124 Å². The molecule has 1 rings (SSSR count). The molecule has 0 aromatic carbocycles. The molecule has 0 bridgehead atoms. The number of nitrogens with zero attached hydrogens (tertiary/aromatic N) is 1. The molecule has 0 fully saturated rings. The van der Waals surface area contributed by atoms with Crippen LogP contribution in [0.1, 0.15) is 48.6 Å². The molecule has 0 aliphatic heterocycles. The summed E-state index contributed by atoms with van der Waals surface area (Å²) in [6, 6.07) is 1.45. The van der Waals surface area contributed by atoms with E-state index in [4.69, 9.17) is 14.3 Å². The zero-order chi connectivity index (χ0) is 16.0. The maximum Gasteiger partial charge on any atom is 0.339 e. The Bertz CT molecular complexity index is 494. The highest BCUT2D eigenvalue weighted by atomic mass is 16.5. The van der Waals surface area contributed by atoms with Crippen LogP contribution in [0.2, 0.25) is 0 Å². The molecule has 1 aromatic rings. The first-order valence-corrected chi connectivity index (χ1v) is 7.06. The van der Waals surface area contributed by atoms with E-state index >= 15 is 0 Å². The molecule has 1 amide bonds. The molecule has 1 atom stereocenters. The molecule has 0 saturated heterocycles. The van der Waals surface area contributed by atoms with Gasteiger partial charge in [0.2, 0.25) is 0 Å². The van der Waals surface area contributed by atoms with Crippen LogP contribution in [-0.4, -0.2) is 41.6 Å². The van der Waals surface area contributed by atoms with E-state index in [0.717, 1.165) is 12.8 Å². The number of ether oxygens (including phenoxy) is 1. The molecular weight excluding hydrogens is 274 g/mol. The van der Waals surface area contributed by atoms with Gasteiger partial charge in [-0.3, -0.25) is 4.79 Å². The third-order valence-corrected chi connectivity index (χ3v) is 3.18. The summed E-state index contributed by atoms with van der Waals surface area (Å²) in [6.07, 6.45) is 1.41. The van der Waals surface area contributed by atoms with Gasteiger partial charge < -0.3 is 19.2 Å². The lowest BCUT2D eigenvalue weighted by molar-refractivity contribution is -0.142. The molecule has 0 aliphatic rings. The van der Waals surface area contributed by atoms with Crippen LogP contribution in [0.15, 0.2) is 10.5 Å². The Kier molecular flexibility index (Phi) is 6.42. The molecule has 1 heterocycles. The van der Waals surface area contributed by atoms with Gasteiger partial charge in [0.05, 0.1) is 6.54 Å². The minimum absolute atomic E-state index is 0.123. The van der Waals surface area contributed by atoms with E-state index in [9.17, 15) is 9.59 Å². The fourth-order valence-electron chi connectivity index (χ4n) is 1.93. The number of carboxylic acids is 1. The van der Waals surface area contributed by atoms with E-state index in [0.29, 0.717) is 18.1 Å². The standard InChI is InChI=1S/C15H23NO5/c1-5-6-7-20-11(3)14(17)16(4)9-12-8-13(15(18)19)10(2)21-12/h8,11H,5-7,9H2,1-4H3,(H,18,19). The Hall–Kier alpha value is -1.82. The Morgan fingerprint density at radius 2 is 2.14 bits per heavy atom. The van der Waals surface area contributed by atoms with Gasteiger partial charge in [-0.25, -0.2) is 4.79 Å². The van der Waals surface area contributed by atoms with Crippen molar-refractivity contribution in [1.29, 1.82) is 0 Å². The number of hydrogen-bond acceptors (Lipinski definition) is 4. The third-order valence-electron chi connectivity index (χ3n) is 3.18. The highest BCUT2D eigenvalue weighted by molar-refractivity contribution is 5.88. The zero-order valence-electron chi connectivity index (χ0n) is 13.0. The van der Waals surface area contributed by atoms with E-state index < -0.39 is 12.1 Å². The van der Waals surface area contributed by atoms with Crippen molar-refractivity contribution in [3.05, 3.63) is 23.2 Å². The van der Waals surface area contributed by atoms with Gasteiger partial charge in [-0.05, 0) is 26.3 Å². The maximum absolute atomic E-state index is 12.1. The number of rotatable bonds is 8. The number of aryl methyl sites for hydroxylation is 1. The van der Waals surface area contributed by atoms with E-state index in [-0.39, 0.29) is 18.0 Å². The zero-order valence-corrected chi connectivity index (χ0v) is 13.0. The highest BCUT2D eigenvalue weighted by Crippen LogP contribution is 2.16. The van der Waals surface area contributed by atoms with Gasteiger partial charge in [0.15, 0.2) is 0 Å². The summed E-state index contributed by atoms with van der Waals surface area (Å²) < 4.78 is 10.8. The first-order chi connectivity index (χ1) is 9.86. The quantitative estimate of drug-likeness (QED) is 0.745. The van der Waals surface area contributed by atoms with E-state index in [1.165, 1.54) is 11.0 Å². The molecule has 0 spiro atoms. The van der Waals surface area contributed by atoms with Crippen LogP contribution in [0.5, 0.6) is 0 Å². The fourth-order valence-corrected chi connectivity index (χ4v) is 1.93. The number of carboxylic acid groups (broad SMARTS) is 1. The molecule has 118 valence electrons. The SMILES string of the molecule is CCCCOC(C)C(=O)N(C)Cc1cc(C(=O)O)c(C)o1. The monoisotopic (exact) mass is 297 g/mol. The van der Waals surface area contributed by atoms with Crippen molar-refractivity contribution in [3.8, 4) is 0 Å². The summed E-state index contributed by atoms with van der Waals surface area (Å²) in [5, 5.41) is 8.97. The average molecular weight is 297 g/mol. The molecule has 6 nitrogen and oxygen atoms in total. The molecule has 0 radical (unpaired) electrons. The van der Waals surface area contributed by atoms with Crippen molar-refractivity contribution in [2.45, 2.75) is 46.3 Å². The fraction of sp³-hybridized carbons (Fsp3) is 0.600. The Morgan fingerprint density at radius 3 is 2.67 bits per heavy atom. The maximum atomic E-state index is 12.1. The number of unbranched alkanes of at least 4 members (excludes halogenated alkanes) is 1. The van der Waals surface area contributed by atoms with Gasteiger partial charge in [-0.2, -0.15) is 0 Å². The molecule has 1 N–H and O–H groups in total. The van der Waals surface area contributed by atoms with Crippen LogP contribution in [0.25, 0.3) is 0 Å². The highest BCUT2D eigenvalue weighted by Gasteiger charge is 2.20. The predicted molar refractivity (Wildman–Crippen MR) is 77.2 cm³/mol. The first-order valence-electron chi connectivity index (χ1n) is 7.06. The van der Waals surface area contributed by atoms with E-state index in [1.807, 2.05) is 0 Å². The third kappa shape index (κ3) is 4.90. The topological polar surface area (TPSA) is 80.0 Å². The molecule has 6 heteroatoms. The molecule has 0 aliphatic carbocycles. The van der Waals surface area contributed by atoms with Crippen molar-refractivity contribution < 1.29 is 23.8 Å². The van der Waals surface area contributed by atoms with Crippen molar-refractivity contribution in [3.63, 3.8) is 0 Å². The second-order valence-electron chi connectivity index (χ2n) is 5.05. The number of furan rings is 1. The molecular formula is C15H23NO5. The van der Waals surface area contributed by atoms with Gasteiger partial charge in [0.1, 0.15) is 23.2 Å². The van der Waals surface area contributed by atoms with Crippen LogP contribution in [0.4, 0.5) is 0 Å². The minimum atomic E-state index is -1.03. The van der Waals surface area contributed by atoms with Crippen LogP contribution < -0.4 is 0 Å². The molecule has 1 unspecified atom stereocenters. The van der Waals surface area contributed by atoms with Crippen molar-refractivity contribution >= 4 is 11.9 Å². The van der Waals surface area contributed by atoms with Gasteiger partial charge in [-0.1, -0.05) is 13.3 Å². The van der Waals surface area contributed by atoms with Gasteiger partial charge in [0, 0.05) is 13.7 Å². The van der Waals surface area contributed by atoms with Gasteiger partial charge >= 0.3 is 5.97 Å². The molecule has 1 aromatic heterocycles. The molecule has 21 heavy (non-hydrogen) atoms. The largest absolute Gasteiger partial charge is 0.478 e. The number of aromatic carboxylic acids is 1.